The van der Waals surface area contributed by atoms with E-state index < -0.39 is 11.7 Å². The molecule has 0 aliphatic heterocycles. The predicted molar refractivity (Wildman–Crippen MR) is 128 cm³/mol. The molecule has 0 saturated heterocycles. The summed E-state index contributed by atoms with van der Waals surface area (Å²) in [6, 6.07) is 19.8. The topological polar surface area (TPSA) is 60.2 Å². The average molecular weight is 472 g/mol. The van der Waals surface area contributed by atoms with Crippen molar-refractivity contribution in [3.8, 4) is 16.9 Å². The molecule has 0 fully saturated rings. The Morgan fingerprint density at radius 3 is 2.30 bits per heavy atom. The van der Waals surface area contributed by atoms with E-state index in [1.54, 1.807) is 7.11 Å². The van der Waals surface area contributed by atoms with Gasteiger partial charge in [-0.15, -0.1) is 0 Å². The van der Waals surface area contributed by atoms with Gasteiger partial charge in [-0.3, -0.25) is 0 Å². The SMILES string of the molecule is COc1ccc(-c2ccc(CC(N)CCNc3nsc4ccc(C(F)(F)F)cc34)cc2)cc1. The van der Waals surface area contributed by atoms with Crippen LogP contribution in [0.2, 0.25) is 0 Å². The third kappa shape index (κ3) is 5.64. The van der Waals surface area contributed by atoms with Gasteiger partial charge in [-0.2, -0.15) is 17.5 Å². The van der Waals surface area contributed by atoms with Gasteiger partial charge in [0, 0.05) is 18.0 Å². The zero-order valence-electron chi connectivity index (χ0n) is 18.0. The smallest absolute Gasteiger partial charge is 0.416 e. The second-order valence-corrected chi connectivity index (χ2v) is 8.65. The van der Waals surface area contributed by atoms with Gasteiger partial charge in [-0.05, 0) is 71.4 Å². The van der Waals surface area contributed by atoms with Gasteiger partial charge in [0.1, 0.15) is 11.6 Å². The van der Waals surface area contributed by atoms with Crippen LogP contribution in [-0.2, 0) is 12.6 Å². The van der Waals surface area contributed by atoms with Crippen molar-refractivity contribution in [3.63, 3.8) is 0 Å². The van der Waals surface area contributed by atoms with Crippen LogP contribution in [0.3, 0.4) is 0 Å². The number of hydrogen-bond acceptors (Lipinski definition) is 5. The van der Waals surface area contributed by atoms with E-state index in [2.05, 4.69) is 34.0 Å². The molecule has 8 heteroatoms. The van der Waals surface area contributed by atoms with Gasteiger partial charge >= 0.3 is 6.18 Å². The van der Waals surface area contributed by atoms with E-state index in [0.717, 1.165) is 34.6 Å². The number of nitrogens with zero attached hydrogens (tertiary/aromatic N) is 1. The zero-order chi connectivity index (χ0) is 23.4. The van der Waals surface area contributed by atoms with E-state index in [9.17, 15) is 13.2 Å². The highest BCUT2D eigenvalue weighted by Crippen LogP contribution is 2.35. The number of aromatic nitrogens is 1. The monoisotopic (exact) mass is 471 g/mol. The van der Waals surface area contributed by atoms with Crippen molar-refractivity contribution in [1.82, 2.24) is 4.37 Å². The fraction of sp³-hybridized carbons (Fsp3) is 0.240. The molecule has 172 valence electrons. The summed E-state index contributed by atoms with van der Waals surface area (Å²) < 4.78 is 49.2. The Kier molecular flexibility index (Phi) is 6.85. The normalized spacial score (nSPS) is 12.6. The van der Waals surface area contributed by atoms with Gasteiger partial charge < -0.3 is 15.8 Å². The van der Waals surface area contributed by atoms with Crippen molar-refractivity contribution in [2.75, 3.05) is 19.0 Å². The molecule has 3 N–H and O–H groups in total. The van der Waals surface area contributed by atoms with Crippen molar-refractivity contribution >= 4 is 27.4 Å². The quantitative estimate of drug-likeness (QED) is 0.314. The second kappa shape index (κ2) is 9.80. The first kappa shape index (κ1) is 23.1. The molecule has 4 rings (SSSR count). The number of nitrogens with two attached hydrogens (primary N) is 1. The summed E-state index contributed by atoms with van der Waals surface area (Å²) in [4.78, 5) is 0. The maximum Gasteiger partial charge on any atom is 0.416 e. The van der Waals surface area contributed by atoms with Crippen LogP contribution in [0.5, 0.6) is 5.75 Å². The molecule has 4 aromatic rings. The van der Waals surface area contributed by atoms with Crippen LogP contribution >= 0.6 is 11.5 Å². The van der Waals surface area contributed by atoms with E-state index in [4.69, 9.17) is 10.5 Å². The lowest BCUT2D eigenvalue weighted by atomic mass is 10.00. The molecule has 0 saturated carbocycles. The maximum absolute atomic E-state index is 13.0. The van der Waals surface area contributed by atoms with Crippen molar-refractivity contribution in [1.29, 1.82) is 0 Å². The van der Waals surface area contributed by atoms with Crippen LogP contribution in [0.1, 0.15) is 17.5 Å². The number of anilines is 1. The molecular weight excluding hydrogens is 447 g/mol. The summed E-state index contributed by atoms with van der Waals surface area (Å²) in [6.07, 6.45) is -3.00. The number of benzene rings is 3. The molecule has 1 aromatic heterocycles. The number of hydrogen-bond donors (Lipinski definition) is 2. The van der Waals surface area contributed by atoms with Gasteiger partial charge in [-0.25, -0.2) is 0 Å². The number of ether oxygens (including phenoxy) is 1. The lowest BCUT2D eigenvalue weighted by Gasteiger charge is -2.13. The summed E-state index contributed by atoms with van der Waals surface area (Å²) in [5, 5.41) is 3.63. The van der Waals surface area contributed by atoms with Crippen molar-refractivity contribution in [2.45, 2.75) is 25.1 Å². The molecule has 33 heavy (non-hydrogen) atoms. The minimum atomic E-state index is -4.38. The van der Waals surface area contributed by atoms with Gasteiger partial charge in [0.25, 0.3) is 0 Å². The molecule has 0 aliphatic carbocycles. The fourth-order valence-electron chi connectivity index (χ4n) is 3.64. The summed E-state index contributed by atoms with van der Waals surface area (Å²) in [5.41, 5.74) is 8.99. The second-order valence-electron chi connectivity index (χ2n) is 7.84. The standard InChI is InChI=1S/C25H24F3N3OS/c1-32-21-9-6-18(7-10-21)17-4-2-16(3-5-17)14-20(29)12-13-30-24-22-15-19(25(26,27)28)8-11-23(22)33-31-24/h2-11,15,20H,12-14,29H2,1H3,(H,30,31). The van der Waals surface area contributed by atoms with E-state index >= 15 is 0 Å². The number of nitrogens with one attached hydrogen (secondary N) is 1. The van der Waals surface area contributed by atoms with Crippen molar-refractivity contribution in [2.24, 2.45) is 5.73 Å². The zero-order valence-corrected chi connectivity index (χ0v) is 18.8. The third-order valence-electron chi connectivity index (χ3n) is 5.48. The summed E-state index contributed by atoms with van der Waals surface area (Å²) in [5.74, 6) is 1.29. The van der Waals surface area contributed by atoms with E-state index in [1.165, 1.54) is 17.6 Å². The molecule has 0 radical (unpaired) electrons. The Hall–Kier alpha value is -3.10. The third-order valence-corrected chi connectivity index (χ3v) is 6.31. The first-order valence-electron chi connectivity index (χ1n) is 10.5. The molecule has 0 spiro atoms. The highest BCUT2D eigenvalue weighted by atomic mass is 32.1. The first-order chi connectivity index (χ1) is 15.8. The van der Waals surface area contributed by atoms with Gasteiger partial charge in [0.15, 0.2) is 0 Å². The number of alkyl halides is 3. The van der Waals surface area contributed by atoms with Gasteiger partial charge in [-0.1, -0.05) is 36.4 Å². The molecule has 4 nitrogen and oxygen atoms in total. The van der Waals surface area contributed by atoms with E-state index in [0.29, 0.717) is 35.3 Å². The Morgan fingerprint density at radius 2 is 1.67 bits per heavy atom. The van der Waals surface area contributed by atoms with Crippen LogP contribution in [0.4, 0.5) is 19.0 Å². The molecular formula is C25H24F3N3OS. The van der Waals surface area contributed by atoms with Gasteiger partial charge in [0.05, 0.1) is 17.4 Å². The molecule has 1 atom stereocenters. The molecule has 0 aliphatic rings. The van der Waals surface area contributed by atoms with Crippen LogP contribution in [-0.4, -0.2) is 24.1 Å². The van der Waals surface area contributed by atoms with Crippen LogP contribution in [0, 0.1) is 0 Å². The number of fused-ring (bicyclic) bond motifs is 1. The number of rotatable bonds is 8. The Bertz CT molecular complexity index is 1200. The summed E-state index contributed by atoms with van der Waals surface area (Å²) in [6.45, 7) is 0.528. The molecule has 0 amide bonds. The molecule has 1 heterocycles. The Labute approximate surface area is 194 Å². The van der Waals surface area contributed by atoms with Crippen LogP contribution in [0.25, 0.3) is 21.2 Å². The number of methoxy groups -OCH3 is 1. The number of halogens is 3. The Balaban J connectivity index is 1.32. The summed E-state index contributed by atoms with van der Waals surface area (Å²) in [7, 11) is 1.64. The fourth-order valence-corrected chi connectivity index (χ4v) is 4.38. The molecule has 3 aromatic carbocycles. The highest BCUT2D eigenvalue weighted by Gasteiger charge is 2.31. The minimum absolute atomic E-state index is 0.0834. The minimum Gasteiger partial charge on any atom is -0.497 e. The lowest BCUT2D eigenvalue weighted by molar-refractivity contribution is -0.137. The largest absolute Gasteiger partial charge is 0.497 e. The lowest BCUT2D eigenvalue weighted by Crippen LogP contribution is -2.25. The van der Waals surface area contributed by atoms with Gasteiger partial charge in [0.2, 0.25) is 0 Å². The predicted octanol–water partition coefficient (Wildman–Crippen LogP) is 6.36. The highest BCUT2D eigenvalue weighted by molar-refractivity contribution is 7.13. The van der Waals surface area contributed by atoms with Crippen LogP contribution < -0.4 is 15.8 Å². The van der Waals surface area contributed by atoms with Crippen molar-refractivity contribution in [3.05, 3.63) is 77.9 Å². The van der Waals surface area contributed by atoms with E-state index in [1.807, 2.05) is 24.3 Å². The molecule has 0 bridgehead atoms. The summed E-state index contributed by atoms with van der Waals surface area (Å²) >= 11 is 1.18. The maximum atomic E-state index is 13.0. The first-order valence-corrected chi connectivity index (χ1v) is 11.3. The molecule has 1 unspecified atom stereocenters. The van der Waals surface area contributed by atoms with Crippen molar-refractivity contribution < 1.29 is 17.9 Å². The average Bonchev–Trinajstić information content (AvgIpc) is 3.21. The van der Waals surface area contributed by atoms with Crippen LogP contribution in [0.15, 0.2) is 66.7 Å². The Morgan fingerprint density at radius 1 is 1.00 bits per heavy atom. The van der Waals surface area contributed by atoms with E-state index in [-0.39, 0.29) is 6.04 Å².